The van der Waals surface area contributed by atoms with E-state index in [0.29, 0.717) is 0 Å². The molecule has 0 aromatic carbocycles. The zero-order chi connectivity index (χ0) is 22.9. The highest BCUT2D eigenvalue weighted by Gasteiger charge is 2.87. The van der Waals surface area contributed by atoms with Gasteiger partial charge in [-0.1, -0.05) is 19.9 Å². The minimum atomic E-state index is -0.957. The SMILES string of the molecule is CC1(C)C(=O)C=CC2(C)C1=CC(=O)C1(C)C2CCC2(C)C(c3ccoc3)OC(=O)C3OC321. The van der Waals surface area contributed by atoms with Gasteiger partial charge in [-0.25, -0.2) is 4.79 Å². The first kappa shape index (κ1) is 20.2. The van der Waals surface area contributed by atoms with Gasteiger partial charge in [-0.15, -0.1) is 0 Å². The van der Waals surface area contributed by atoms with E-state index in [1.54, 1.807) is 24.7 Å². The van der Waals surface area contributed by atoms with Crippen LogP contribution < -0.4 is 0 Å². The number of allylic oxidation sites excluding steroid dienone is 4. The molecule has 3 aliphatic carbocycles. The standard InChI is InChI=1S/C26H28O6/c1-22(2)16-12-18(28)25(5)15(23(16,3)9-7-17(22)27)6-10-24(4)19(14-8-11-30-13-14)31-21(29)20-26(24,25)32-20/h7-9,11-13,15,19-20H,6,10H2,1-5H3. The van der Waals surface area contributed by atoms with Gasteiger partial charge in [0.15, 0.2) is 17.7 Å². The Kier molecular flexibility index (Phi) is 3.48. The molecule has 0 bridgehead atoms. The number of ketones is 2. The third-order valence-corrected chi connectivity index (χ3v) is 9.72. The Morgan fingerprint density at radius 1 is 1.00 bits per heavy atom. The number of hydrogen-bond acceptors (Lipinski definition) is 6. The van der Waals surface area contributed by atoms with E-state index in [1.807, 2.05) is 32.9 Å². The maximum absolute atomic E-state index is 14.0. The molecule has 2 aliphatic heterocycles. The molecule has 1 aromatic heterocycles. The van der Waals surface area contributed by atoms with E-state index in [2.05, 4.69) is 13.8 Å². The van der Waals surface area contributed by atoms with Crippen LogP contribution in [0.25, 0.3) is 0 Å². The van der Waals surface area contributed by atoms with E-state index in [0.717, 1.165) is 24.0 Å². The monoisotopic (exact) mass is 436 g/mol. The Morgan fingerprint density at radius 3 is 2.44 bits per heavy atom. The first-order valence-electron chi connectivity index (χ1n) is 11.4. The van der Waals surface area contributed by atoms with E-state index >= 15 is 0 Å². The average molecular weight is 437 g/mol. The molecular formula is C26H28O6. The Balaban J connectivity index is 1.57. The molecular weight excluding hydrogens is 408 g/mol. The summed E-state index contributed by atoms with van der Waals surface area (Å²) in [7, 11) is 0. The van der Waals surface area contributed by atoms with E-state index < -0.39 is 45.4 Å². The van der Waals surface area contributed by atoms with Gasteiger partial charge in [0.05, 0.1) is 17.9 Å². The molecule has 32 heavy (non-hydrogen) atoms. The summed E-state index contributed by atoms with van der Waals surface area (Å²) < 4.78 is 17.5. The van der Waals surface area contributed by atoms with Crippen LogP contribution in [0.2, 0.25) is 0 Å². The van der Waals surface area contributed by atoms with E-state index in [-0.39, 0.29) is 17.5 Å². The molecule has 5 aliphatic rings. The van der Waals surface area contributed by atoms with Crippen molar-refractivity contribution in [2.45, 2.75) is 65.3 Å². The molecule has 1 saturated carbocycles. The van der Waals surface area contributed by atoms with Gasteiger partial charge in [-0.2, -0.15) is 0 Å². The number of hydrogen-bond donors (Lipinski definition) is 0. The van der Waals surface area contributed by atoms with Crippen LogP contribution >= 0.6 is 0 Å². The number of epoxide rings is 1. The molecule has 0 amide bonds. The third kappa shape index (κ3) is 1.88. The normalized spacial score (nSPS) is 48.1. The summed E-state index contributed by atoms with van der Waals surface area (Å²) in [5, 5.41) is 0. The first-order chi connectivity index (χ1) is 14.9. The van der Waals surface area contributed by atoms with Gasteiger partial charge >= 0.3 is 5.97 Å². The van der Waals surface area contributed by atoms with Gasteiger partial charge in [-0.05, 0) is 63.3 Å². The van der Waals surface area contributed by atoms with E-state index in [4.69, 9.17) is 13.9 Å². The molecule has 3 fully saturated rings. The van der Waals surface area contributed by atoms with Gasteiger partial charge in [-0.3, -0.25) is 9.59 Å². The van der Waals surface area contributed by atoms with E-state index in [9.17, 15) is 14.4 Å². The molecule has 7 unspecified atom stereocenters. The molecule has 1 aromatic rings. The minimum Gasteiger partial charge on any atom is -0.472 e. The molecule has 3 heterocycles. The quantitative estimate of drug-likeness (QED) is 0.486. The zero-order valence-electron chi connectivity index (χ0n) is 19.1. The number of cyclic esters (lactones) is 1. The number of ether oxygens (including phenoxy) is 2. The van der Waals surface area contributed by atoms with Crippen molar-refractivity contribution in [3.8, 4) is 0 Å². The third-order valence-electron chi connectivity index (χ3n) is 9.72. The van der Waals surface area contributed by atoms with Crippen molar-refractivity contribution in [1.29, 1.82) is 0 Å². The van der Waals surface area contributed by atoms with Crippen LogP contribution in [0.5, 0.6) is 0 Å². The van der Waals surface area contributed by atoms with Crippen molar-refractivity contribution in [3.05, 3.63) is 48.0 Å². The molecule has 168 valence electrons. The smallest absolute Gasteiger partial charge is 0.339 e. The van der Waals surface area contributed by atoms with Gasteiger partial charge in [0, 0.05) is 21.8 Å². The number of furan rings is 1. The summed E-state index contributed by atoms with van der Waals surface area (Å²) in [5.74, 6) is -0.559. The molecule has 1 spiro atoms. The second kappa shape index (κ2) is 5.53. The first-order valence-corrected chi connectivity index (χ1v) is 11.4. The predicted molar refractivity (Wildman–Crippen MR) is 113 cm³/mol. The summed E-state index contributed by atoms with van der Waals surface area (Å²) >= 11 is 0. The van der Waals surface area contributed by atoms with Crippen LogP contribution in [-0.4, -0.2) is 29.2 Å². The minimum absolute atomic E-state index is 0.0123. The molecule has 6 nitrogen and oxygen atoms in total. The fourth-order valence-corrected chi connectivity index (χ4v) is 7.99. The molecule has 0 N–H and O–H groups in total. The maximum Gasteiger partial charge on any atom is 0.339 e. The van der Waals surface area contributed by atoms with Crippen LogP contribution in [-0.2, 0) is 23.9 Å². The predicted octanol–water partition coefficient (Wildman–Crippen LogP) is 4.12. The fourth-order valence-electron chi connectivity index (χ4n) is 7.99. The zero-order valence-corrected chi connectivity index (χ0v) is 19.1. The Bertz CT molecular complexity index is 1140. The fraction of sp³-hybridized carbons (Fsp3) is 0.577. The largest absolute Gasteiger partial charge is 0.472 e. The van der Waals surface area contributed by atoms with Gasteiger partial charge < -0.3 is 13.9 Å². The highest BCUT2D eigenvalue weighted by molar-refractivity contribution is 6.05. The van der Waals surface area contributed by atoms with Crippen LogP contribution in [0, 0.1) is 27.6 Å². The summed E-state index contributed by atoms with van der Waals surface area (Å²) in [6, 6.07) is 1.81. The second-order valence-electron chi connectivity index (χ2n) is 11.3. The lowest BCUT2D eigenvalue weighted by Gasteiger charge is -2.63. The summed E-state index contributed by atoms with van der Waals surface area (Å²) in [4.78, 5) is 39.7. The summed E-state index contributed by atoms with van der Waals surface area (Å²) in [6.45, 7) is 9.97. The number of rotatable bonds is 1. The molecule has 2 saturated heterocycles. The van der Waals surface area contributed by atoms with Gasteiger partial charge in [0.25, 0.3) is 0 Å². The Morgan fingerprint density at radius 2 is 1.75 bits per heavy atom. The molecule has 6 heteroatoms. The number of carbonyl (C=O) groups excluding carboxylic acids is 3. The maximum atomic E-state index is 14.0. The van der Waals surface area contributed by atoms with Crippen LogP contribution in [0.15, 0.2) is 46.8 Å². The second-order valence-corrected chi connectivity index (χ2v) is 11.3. The highest BCUT2D eigenvalue weighted by Crippen LogP contribution is 2.77. The van der Waals surface area contributed by atoms with Gasteiger partial charge in [0.2, 0.25) is 0 Å². The van der Waals surface area contributed by atoms with Crippen molar-refractivity contribution in [2.24, 2.45) is 27.6 Å². The average Bonchev–Trinajstić information content (AvgIpc) is 3.30. The Labute approximate surface area is 187 Å². The number of carbonyl (C=O) groups is 3. The summed E-state index contributed by atoms with van der Waals surface area (Å²) in [6.07, 6.45) is 8.69. The van der Waals surface area contributed by atoms with Crippen molar-refractivity contribution in [1.82, 2.24) is 0 Å². The number of fused-ring (bicyclic) bond motifs is 3. The van der Waals surface area contributed by atoms with Crippen LogP contribution in [0.1, 0.15) is 59.1 Å². The van der Waals surface area contributed by atoms with Gasteiger partial charge in [0.1, 0.15) is 11.7 Å². The molecule has 6 rings (SSSR count). The van der Waals surface area contributed by atoms with Crippen LogP contribution in [0.4, 0.5) is 0 Å². The van der Waals surface area contributed by atoms with Crippen molar-refractivity contribution in [2.75, 3.05) is 0 Å². The number of esters is 1. The Hall–Kier alpha value is -2.47. The lowest BCUT2D eigenvalue weighted by atomic mass is 9.38. The lowest BCUT2D eigenvalue weighted by molar-refractivity contribution is -0.194. The van der Waals surface area contributed by atoms with Crippen molar-refractivity contribution >= 4 is 17.5 Å². The topological polar surface area (TPSA) is 86.1 Å². The highest BCUT2D eigenvalue weighted by atomic mass is 16.7. The van der Waals surface area contributed by atoms with Crippen molar-refractivity contribution < 1.29 is 28.3 Å². The molecule has 0 radical (unpaired) electrons. The summed E-state index contributed by atoms with van der Waals surface area (Å²) in [5.41, 5.74) is -2.03. The molecule has 7 atom stereocenters. The van der Waals surface area contributed by atoms with E-state index in [1.165, 1.54) is 0 Å². The van der Waals surface area contributed by atoms with Crippen LogP contribution in [0.3, 0.4) is 0 Å². The lowest BCUT2D eigenvalue weighted by Crippen LogP contribution is -2.69. The van der Waals surface area contributed by atoms with Crippen molar-refractivity contribution in [3.63, 3.8) is 0 Å².